The van der Waals surface area contributed by atoms with Crippen molar-refractivity contribution in [2.75, 3.05) is 7.11 Å². The van der Waals surface area contributed by atoms with Gasteiger partial charge >= 0.3 is 0 Å². The van der Waals surface area contributed by atoms with Crippen LogP contribution in [-0.4, -0.2) is 7.11 Å². The van der Waals surface area contributed by atoms with E-state index in [0.717, 1.165) is 16.7 Å². The number of ether oxygens (including phenoxy) is 1. The van der Waals surface area contributed by atoms with E-state index in [4.69, 9.17) is 27.9 Å². The van der Waals surface area contributed by atoms with Gasteiger partial charge in [0.1, 0.15) is 5.75 Å². The first-order valence-electron chi connectivity index (χ1n) is 4.00. The average molecular weight is 219 g/mol. The standard InChI is InChI=1S/C10H12Cl2O/c1-6-4-9(13-3)10(12)7(2)8(6)5-11/h4H,5H2,1-3H3. The Morgan fingerprint density at radius 3 is 2.46 bits per heavy atom. The summed E-state index contributed by atoms with van der Waals surface area (Å²) >= 11 is 11.9. The Labute approximate surface area is 88.6 Å². The zero-order chi connectivity index (χ0) is 10.0. The Kier molecular flexibility index (Phi) is 3.46. The fourth-order valence-corrected chi connectivity index (χ4v) is 1.97. The largest absolute Gasteiger partial charge is 0.495 e. The molecule has 0 aliphatic heterocycles. The lowest BCUT2D eigenvalue weighted by atomic mass is 10.0. The van der Waals surface area contributed by atoms with Crippen molar-refractivity contribution in [3.63, 3.8) is 0 Å². The molecule has 0 spiro atoms. The van der Waals surface area contributed by atoms with Crippen LogP contribution in [0.3, 0.4) is 0 Å². The molecule has 0 aliphatic rings. The Morgan fingerprint density at radius 2 is 2.00 bits per heavy atom. The van der Waals surface area contributed by atoms with E-state index in [0.29, 0.717) is 16.7 Å². The van der Waals surface area contributed by atoms with Crippen LogP contribution < -0.4 is 4.74 Å². The molecular formula is C10H12Cl2O. The second-order valence-electron chi connectivity index (χ2n) is 2.95. The van der Waals surface area contributed by atoms with Gasteiger partial charge in [-0.1, -0.05) is 11.6 Å². The van der Waals surface area contributed by atoms with Gasteiger partial charge in [-0.25, -0.2) is 0 Å². The summed E-state index contributed by atoms with van der Waals surface area (Å²) in [7, 11) is 1.61. The van der Waals surface area contributed by atoms with E-state index < -0.39 is 0 Å². The zero-order valence-electron chi connectivity index (χ0n) is 7.95. The topological polar surface area (TPSA) is 9.23 Å². The highest BCUT2D eigenvalue weighted by Crippen LogP contribution is 2.33. The third kappa shape index (κ3) is 1.92. The molecule has 0 heterocycles. The molecule has 0 saturated heterocycles. The highest BCUT2D eigenvalue weighted by molar-refractivity contribution is 6.33. The van der Waals surface area contributed by atoms with Crippen molar-refractivity contribution in [1.82, 2.24) is 0 Å². The minimum absolute atomic E-state index is 0.487. The van der Waals surface area contributed by atoms with Crippen molar-refractivity contribution in [1.29, 1.82) is 0 Å². The molecule has 0 radical (unpaired) electrons. The SMILES string of the molecule is COc1cc(C)c(CCl)c(C)c1Cl. The van der Waals surface area contributed by atoms with Crippen LogP contribution >= 0.6 is 23.2 Å². The fraction of sp³-hybridized carbons (Fsp3) is 0.400. The number of rotatable bonds is 2. The molecule has 0 bridgehead atoms. The summed E-state index contributed by atoms with van der Waals surface area (Å²) in [6.45, 7) is 3.96. The smallest absolute Gasteiger partial charge is 0.138 e. The molecule has 0 N–H and O–H groups in total. The molecule has 0 fully saturated rings. The molecule has 0 unspecified atom stereocenters. The van der Waals surface area contributed by atoms with Gasteiger partial charge in [0.25, 0.3) is 0 Å². The maximum Gasteiger partial charge on any atom is 0.138 e. The quantitative estimate of drug-likeness (QED) is 0.689. The maximum atomic E-state index is 6.07. The van der Waals surface area contributed by atoms with Gasteiger partial charge in [0, 0.05) is 5.88 Å². The van der Waals surface area contributed by atoms with Crippen molar-refractivity contribution in [3.8, 4) is 5.75 Å². The van der Waals surface area contributed by atoms with Gasteiger partial charge in [-0.2, -0.15) is 0 Å². The number of alkyl halides is 1. The van der Waals surface area contributed by atoms with Gasteiger partial charge in [-0.15, -0.1) is 11.6 Å². The minimum atomic E-state index is 0.487. The molecule has 0 saturated carbocycles. The van der Waals surface area contributed by atoms with E-state index in [2.05, 4.69) is 0 Å². The number of benzene rings is 1. The Morgan fingerprint density at radius 1 is 1.38 bits per heavy atom. The van der Waals surface area contributed by atoms with Crippen LogP contribution in [0.1, 0.15) is 16.7 Å². The predicted octanol–water partition coefficient (Wildman–Crippen LogP) is 3.70. The lowest BCUT2D eigenvalue weighted by Crippen LogP contribution is -1.95. The molecule has 0 atom stereocenters. The molecule has 1 nitrogen and oxygen atoms in total. The Balaban J connectivity index is 3.37. The Hall–Kier alpha value is -0.400. The summed E-state index contributed by atoms with van der Waals surface area (Å²) in [6.07, 6.45) is 0. The van der Waals surface area contributed by atoms with Crippen molar-refractivity contribution < 1.29 is 4.74 Å². The van der Waals surface area contributed by atoms with Crippen LogP contribution in [0.4, 0.5) is 0 Å². The van der Waals surface area contributed by atoms with Gasteiger partial charge in [0.15, 0.2) is 0 Å². The summed E-state index contributed by atoms with van der Waals surface area (Å²) in [5.74, 6) is 1.20. The first-order chi connectivity index (χ1) is 6.11. The summed E-state index contributed by atoms with van der Waals surface area (Å²) in [4.78, 5) is 0. The van der Waals surface area contributed by atoms with E-state index >= 15 is 0 Å². The van der Waals surface area contributed by atoms with E-state index in [1.54, 1.807) is 7.11 Å². The highest BCUT2D eigenvalue weighted by atomic mass is 35.5. The third-order valence-corrected chi connectivity index (χ3v) is 2.91. The lowest BCUT2D eigenvalue weighted by molar-refractivity contribution is 0.414. The molecule has 72 valence electrons. The molecule has 1 aromatic carbocycles. The minimum Gasteiger partial charge on any atom is -0.495 e. The molecular weight excluding hydrogens is 207 g/mol. The lowest BCUT2D eigenvalue weighted by Gasteiger charge is -2.12. The van der Waals surface area contributed by atoms with Crippen molar-refractivity contribution in [3.05, 3.63) is 27.8 Å². The molecule has 0 aliphatic carbocycles. The first kappa shape index (κ1) is 10.7. The van der Waals surface area contributed by atoms with Gasteiger partial charge in [-0.3, -0.25) is 0 Å². The van der Waals surface area contributed by atoms with Crippen LogP contribution in [-0.2, 0) is 5.88 Å². The van der Waals surface area contributed by atoms with Gasteiger partial charge in [0.05, 0.1) is 12.1 Å². The molecule has 1 rings (SSSR count). The molecule has 3 heteroatoms. The summed E-state index contributed by atoms with van der Waals surface area (Å²) < 4.78 is 5.13. The van der Waals surface area contributed by atoms with E-state index in [9.17, 15) is 0 Å². The predicted molar refractivity (Wildman–Crippen MR) is 57.0 cm³/mol. The van der Waals surface area contributed by atoms with Crippen molar-refractivity contribution in [2.45, 2.75) is 19.7 Å². The Bertz CT molecular complexity index is 321. The normalized spacial score (nSPS) is 10.2. The number of methoxy groups -OCH3 is 1. The summed E-state index contributed by atoms with van der Waals surface area (Å²) in [5.41, 5.74) is 3.22. The van der Waals surface area contributed by atoms with Gasteiger partial charge < -0.3 is 4.74 Å². The maximum absolute atomic E-state index is 6.07. The number of aryl methyl sites for hydroxylation is 1. The van der Waals surface area contributed by atoms with E-state index in [1.807, 2.05) is 19.9 Å². The number of hydrogen-bond donors (Lipinski definition) is 0. The second kappa shape index (κ2) is 4.21. The van der Waals surface area contributed by atoms with Crippen LogP contribution in [0, 0.1) is 13.8 Å². The van der Waals surface area contributed by atoms with Crippen LogP contribution in [0.25, 0.3) is 0 Å². The monoisotopic (exact) mass is 218 g/mol. The van der Waals surface area contributed by atoms with Crippen LogP contribution in [0.5, 0.6) is 5.75 Å². The number of halogens is 2. The van der Waals surface area contributed by atoms with E-state index in [1.165, 1.54) is 0 Å². The molecule has 0 aromatic heterocycles. The average Bonchev–Trinajstić information content (AvgIpc) is 2.12. The van der Waals surface area contributed by atoms with Gasteiger partial charge in [-0.05, 0) is 36.6 Å². The van der Waals surface area contributed by atoms with Crippen molar-refractivity contribution >= 4 is 23.2 Å². The summed E-state index contributed by atoms with van der Waals surface area (Å²) in [6, 6.07) is 1.91. The first-order valence-corrected chi connectivity index (χ1v) is 4.91. The summed E-state index contributed by atoms with van der Waals surface area (Å²) in [5, 5.41) is 0.656. The fourth-order valence-electron chi connectivity index (χ4n) is 1.31. The second-order valence-corrected chi connectivity index (χ2v) is 3.59. The van der Waals surface area contributed by atoms with Crippen LogP contribution in [0.15, 0.2) is 6.07 Å². The molecule has 0 amide bonds. The van der Waals surface area contributed by atoms with Crippen LogP contribution in [0.2, 0.25) is 5.02 Å². The highest BCUT2D eigenvalue weighted by Gasteiger charge is 2.10. The van der Waals surface area contributed by atoms with E-state index in [-0.39, 0.29) is 0 Å². The zero-order valence-corrected chi connectivity index (χ0v) is 9.46. The number of hydrogen-bond acceptors (Lipinski definition) is 1. The molecule has 1 aromatic rings. The third-order valence-electron chi connectivity index (χ3n) is 2.18. The van der Waals surface area contributed by atoms with Gasteiger partial charge in [0.2, 0.25) is 0 Å². The molecule has 13 heavy (non-hydrogen) atoms. The van der Waals surface area contributed by atoms with Crippen molar-refractivity contribution in [2.24, 2.45) is 0 Å².